The van der Waals surface area contributed by atoms with Crippen LogP contribution in [0.15, 0.2) is 28.6 Å². The monoisotopic (exact) mass is 518 g/mol. The lowest BCUT2D eigenvalue weighted by molar-refractivity contribution is 0.311. The topological polar surface area (TPSA) is 67.8 Å². The molecule has 0 aliphatic carbocycles. The maximum absolute atomic E-state index is 5.64. The second kappa shape index (κ2) is 13.6. The van der Waals surface area contributed by atoms with Gasteiger partial charge in [0.15, 0.2) is 17.5 Å². The lowest BCUT2D eigenvalue weighted by Gasteiger charge is -2.14. The number of aromatic nitrogens is 1. The molecule has 0 unspecified atom stereocenters. The summed E-state index contributed by atoms with van der Waals surface area (Å²) in [5, 5.41) is 9.93. The second-order valence-electron chi connectivity index (χ2n) is 6.02. The van der Waals surface area contributed by atoms with Gasteiger partial charge in [0, 0.05) is 35.9 Å². The highest BCUT2D eigenvalue weighted by atomic mass is 127. The number of anilines is 1. The highest BCUT2D eigenvalue weighted by molar-refractivity contribution is 14.0. The third-order valence-electron chi connectivity index (χ3n) is 3.81. The molecule has 2 rings (SSSR count). The molecule has 1 aromatic heterocycles. The SMILES string of the molecule is CCNC(=NCCCCc1nc(C)cs1)Nc1ccc(OC)c(OCC)c1.I. The Bertz CT molecular complexity index is 737. The zero-order chi connectivity index (χ0) is 19.5. The van der Waals surface area contributed by atoms with Crippen molar-refractivity contribution in [2.45, 2.75) is 40.0 Å². The summed E-state index contributed by atoms with van der Waals surface area (Å²) in [7, 11) is 1.64. The lowest BCUT2D eigenvalue weighted by atomic mass is 10.2. The summed E-state index contributed by atoms with van der Waals surface area (Å²) in [5.74, 6) is 2.22. The molecule has 28 heavy (non-hydrogen) atoms. The zero-order valence-corrected chi connectivity index (χ0v) is 20.2. The van der Waals surface area contributed by atoms with Gasteiger partial charge in [0.05, 0.1) is 18.7 Å². The average Bonchev–Trinajstić information content (AvgIpc) is 3.07. The van der Waals surface area contributed by atoms with Gasteiger partial charge in [-0.25, -0.2) is 4.98 Å². The van der Waals surface area contributed by atoms with Crippen LogP contribution in [0.4, 0.5) is 5.69 Å². The maximum Gasteiger partial charge on any atom is 0.195 e. The van der Waals surface area contributed by atoms with E-state index in [1.165, 1.54) is 5.01 Å². The number of benzene rings is 1. The first-order valence-corrected chi connectivity index (χ1v) is 10.3. The van der Waals surface area contributed by atoms with Gasteiger partial charge in [-0.05, 0) is 52.2 Å². The van der Waals surface area contributed by atoms with Crippen molar-refractivity contribution in [3.8, 4) is 11.5 Å². The van der Waals surface area contributed by atoms with Gasteiger partial charge in [0.25, 0.3) is 0 Å². The van der Waals surface area contributed by atoms with Crippen LogP contribution < -0.4 is 20.1 Å². The smallest absolute Gasteiger partial charge is 0.195 e. The Hall–Kier alpha value is -1.55. The summed E-state index contributed by atoms with van der Waals surface area (Å²) in [5.41, 5.74) is 2.02. The summed E-state index contributed by atoms with van der Waals surface area (Å²) >= 11 is 1.74. The van der Waals surface area contributed by atoms with E-state index in [-0.39, 0.29) is 24.0 Å². The highest BCUT2D eigenvalue weighted by Gasteiger charge is 2.07. The molecule has 0 aliphatic heterocycles. The number of methoxy groups -OCH3 is 1. The summed E-state index contributed by atoms with van der Waals surface area (Å²) in [4.78, 5) is 9.17. The lowest BCUT2D eigenvalue weighted by Crippen LogP contribution is -2.30. The van der Waals surface area contributed by atoms with E-state index in [1.807, 2.05) is 32.0 Å². The van der Waals surface area contributed by atoms with Crippen molar-refractivity contribution in [1.29, 1.82) is 0 Å². The van der Waals surface area contributed by atoms with Crippen LogP contribution in [0.5, 0.6) is 11.5 Å². The van der Waals surface area contributed by atoms with Crippen LogP contribution in [0.2, 0.25) is 0 Å². The number of hydrogen-bond acceptors (Lipinski definition) is 5. The molecule has 1 heterocycles. The van der Waals surface area contributed by atoms with Crippen LogP contribution in [0.25, 0.3) is 0 Å². The predicted octanol–water partition coefficient (Wildman–Crippen LogP) is 4.88. The van der Waals surface area contributed by atoms with Crippen LogP contribution >= 0.6 is 35.3 Å². The van der Waals surface area contributed by atoms with Gasteiger partial charge in [-0.3, -0.25) is 4.99 Å². The van der Waals surface area contributed by atoms with Crippen LogP contribution in [0.3, 0.4) is 0 Å². The molecular formula is C20H31IN4O2S. The number of hydrogen-bond donors (Lipinski definition) is 2. The van der Waals surface area contributed by atoms with E-state index < -0.39 is 0 Å². The number of ether oxygens (including phenoxy) is 2. The highest BCUT2D eigenvalue weighted by Crippen LogP contribution is 2.30. The molecule has 2 N–H and O–H groups in total. The van der Waals surface area contributed by atoms with Crippen LogP contribution in [0.1, 0.15) is 37.4 Å². The predicted molar refractivity (Wildman–Crippen MR) is 129 cm³/mol. The van der Waals surface area contributed by atoms with Gasteiger partial charge in [0.1, 0.15) is 0 Å². The van der Waals surface area contributed by atoms with E-state index in [9.17, 15) is 0 Å². The van der Waals surface area contributed by atoms with E-state index in [0.29, 0.717) is 6.61 Å². The minimum Gasteiger partial charge on any atom is -0.493 e. The molecule has 1 aromatic carbocycles. The number of aliphatic imine (C=N–C) groups is 1. The number of aryl methyl sites for hydroxylation is 2. The van der Waals surface area contributed by atoms with Crippen LogP contribution in [0, 0.1) is 6.92 Å². The number of thiazole rings is 1. The van der Waals surface area contributed by atoms with Crippen molar-refractivity contribution in [2.24, 2.45) is 4.99 Å². The van der Waals surface area contributed by atoms with Crippen molar-refractivity contribution < 1.29 is 9.47 Å². The normalized spacial score (nSPS) is 10.9. The Kier molecular flexibility index (Phi) is 11.9. The first-order chi connectivity index (χ1) is 13.2. The number of halogens is 1. The fourth-order valence-corrected chi connectivity index (χ4v) is 3.38. The van der Waals surface area contributed by atoms with Crippen LogP contribution in [-0.2, 0) is 6.42 Å². The Morgan fingerprint density at radius 2 is 2.04 bits per heavy atom. The molecule has 0 amide bonds. The number of rotatable bonds is 10. The zero-order valence-electron chi connectivity index (χ0n) is 17.1. The molecule has 0 saturated carbocycles. The van der Waals surface area contributed by atoms with Crippen molar-refractivity contribution >= 4 is 47.0 Å². The van der Waals surface area contributed by atoms with Gasteiger partial charge in [-0.2, -0.15) is 0 Å². The Labute approximate surface area is 189 Å². The molecule has 0 saturated heterocycles. The molecule has 0 fully saturated rings. The number of unbranched alkanes of at least 4 members (excludes halogenated alkanes) is 1. The minimum absolute atomic E-state index is 0. The second-order valence-corrected chi connectivity index (χ2v) is 6.97. The van der Waals surface area contributed by atoms with Gasteiger partial charge < -0.3 is 20.1 Å². The third kappa shape index (κ3) is 8.22. The fraction of sp³-hybridized carbons (Fsp3) is 0.500. The quantitative estimate of drug-likeness (QED) is 0.203. The van der Waals surface area contributed by atoms with Gasteiger partial charge in [0.2, 0.25) is 0 Å². The summed E-state index contributed by atoms with van der Waals surface area (Å²) in [6.07, 6.45) is 3.14. The number of nitrogens with zero attached hydrogens (tertiary/aromatic N) is 2. The summed E-state index contributed by atoms with van der Waals surface area (Å²) in [6, 6.07) is 5.78. The molecule has 0 aliphatic rings. The molecular weight excluding hydrogens is 487 g/mol. The molecule has 6 nitrogen and oxygen atoms in total. The summed E-state index contributed by atoms with van der Waals surface area (Å²) < 4.78 is 11.0. The molecule has 0 radical (unpaired) electrons. The molecule has 0 atom stereocenters. The Morgan fingerprint density at radius 3 is 2.68 bits per heavy atom. The van der Waals surface area contributed by atoms with E-state index in [2.05, 4.69) is 32.9 Å². The van der Waals surface area contributed by atoms with Crippen molar-refractivity contribution in [1.82, 2.24) is 10.3 Å². The van der Waals surface area contributed by atoms with Crippen LogP contribution in [-0.4, -0.2) is 37.7 Å². The van der Waals surface area contributed by atoms with E-state index in [4.69, 9.17) is 9.47 Å². The molecule has 8 heteroatoms. The van der Waals surface area contributed by atoms with E-state index in [1.54, 1.807) is 18.4 Å². The van der Waals surface area contributed by atoms with Crippen molar-refractivity contribution in [3.05, 3.63) is 34.3 Å². The average molecular weight is 518 g/mol. The minimum atomic E-state index is 0. The van der Waals surface area contributed by atoms with E-state index in [0.717, 1.165) is 61.2 Å². The number of guanidine groups is 1. The van der Waals surface area contributed by atoms with Crippen molar-refractivity contribution in [3.63, 3.8) is 0 Å². The van der Waals surface area contributed by atoms with Gasteiger partial charge in [-0.15, -0.1) is 35.3 Å². The molecule has 2 aromatic rings. The van der Waals surface area contributed by atoms with Gasteiger partial charge >= 0.3 is 0 Å². The third-order valence-corrected chi connectivity index (χ3v) is 4.83. The fourth-order valence-electron chi connectivity index (χ4n) is 2.56. The largest absolute Gasteiger partial charge is 0.493 e. The first-order valence-electron chi connectivity index (χ1n) is 9.43. The Morgan fingerprint density at radius 1 is 1.21 bits per heavy atom. The molecule has 0 spiro atoms. The van der Waals surface area contributed by atoms with Crippen molar-refractivity contribution in [2.75, 3.05) is 32.1 Å². The summed E-state index contributed by atoms with van der Waals surface area (Å²) in [6.45, 7) is 8.22. The maximum atomic E-state index is 5.64. The Balaban J connectivity index is 0.00000392. The first kappa shape index (κ1) is 24.5. The molecule has 156 valence electrons. The molecule has 0 bridgehead atoms. The van der Waals surface area contributed by atoms with Gasteiger partial charge in [-0.1, -0.05) is 0 Å². The number of nitrogens with one attached hydrogen (secondary N) is 2. The van der Waals surface area contributed by atoms with E-state index >= 15 is 0 Å². The standard InChI is InChI=1S/C20H30N4O2S.HI/c1-5-21-20(22-12-8-7-9-19-23-15(3)14-27-19)24-16-10-11-17(25-4)18(13-16)26-6-2;/h10-11,13-14H,5-9,12H2,1-4H3,(H2,21,22,24);1H.